The molecule has 0 aliphatic heterocycles. The summed E-state index contributed by atoms with van der Waals surface area (Å²) in [6.07, 6.45) is -0.408. The molecule has 0 saturated carbocycles. The zero-order valence-corrected chi connectivity index (χ0v) is 8.34. The van der Waals surface area contributed by atoms with Crippen LogP contribution >= 0.6 is 11.6 Å². The second kappa shape index (κ2) is 4.39. The molecule has 0 radical (unpaired) electrons. The lowest BCUT2D eigenvalue weighted by atomic mass is 10.4. The molecular weight excluding hydrogens is 190 g/mol. The number of anilines is 1. The minimum Gasteiger partial charge on any atom is -0.392 e. The summed E-state index contributed by atoms with van der Waals surface area (Å²) in [6, 6.07) is 1.77. The van der Waals surface area contributed by atoms with Crippen LogP contribution in [0.4, 0.5) is 5.82 Å². The van der Waals surface area contributed by atoms with Crippen molar-refractivity contribution >= 4 is 17.4 Å². The molecule has 0 bridgehead atoms. The van der Waals surface area contributed by atoms with Gasteiger partial charge in [-0.2, -0.15) is 0 Å². The maximum Gasteiger partial charge on any atom is 0.224 e. The molecule has 1 aromatic heterocycles. The van der Waals surface area contributed by atoms with E-state index in [9.17, 15) is 0 Å². The van der Waals surface area contributed by atoms with Gasteiger partial charge in [-0.05, 0) is 25.4 Å². The number of aryl methyl sites for hydroxylation is 1. The normalized spacial score (nSPS) is 12.6. The summed E-state index contributed by atoms with van der Waals surface area (Å²) in [7, 11) is 0. The van der Waals surface area contributed by atoms with Gasteiger partial charge in [-0.25, -0.2) is 9.97 Å². The summed E-state index contributed by atoms with van der Waals surface area (Å²) in [5.41, 5.74) is 0.799. The van der Waals surface area contributed by atoms with E-state index in [1.807, 2.05) is 6.92 Å². The first-order valence-corrected chi connectivity index (χ1v) is 4.39. The van der Waals surface area contributed by atoms with Crippen molar-refractivity contribution in [1.82, 2.24) is 9.97 Å². The van der Waals surface area contributed by atoms with E-state index in [1.54, 1.807) is 13.0 Å². The van der Waals surface area contributed by atoms with E-state index in [4.69, 9.17) is 16.7 Å². The first-order chi connectivity index (χ1) is 6.08. The van der Waals surface area contributed by atoms with Crippen molar-refractivity contribution in [3.05, 3.63) is 17.0 Å². The number of aliphatic hydroxyl groups excluding tert-OH is 1. The summed E-state index contributed by atoms with van der Waals surface area (Å²) in [5, 5.41) is 12.2. The molecule has 5 heteroatoms. The number of rotatable bonds is 3. The van der Waals surface area contributed by atoms with Crippen LogP contribution in [-0.2, 0) is 0 Å². The molecule has 0 fully saturated rings. The summed E-state index contributed by atoms with van der Waals surface area (Å²) in [4.78, 5) is 7.85. The van der Waals surface area contributed by atoms with E-state index in [2.05, 4.69) is 15.3 Å². The van der Waals surface area contributed by atoms with E-state index >= 15 is 0 Å². The van der Waals surface area contributed by atoms with Gasteiger partial charge < -0.3 is 10.4 Å². The Balaban J connectivity index is 2.66. The van der Waals surface area contributed by atoms with Gasteiger partial charge in [0.1, 0.15) is 5.82 Å². The van der Waals surface area contributed by atoms with Crippen LogP contribution in [0.25, 0.3) is 0 Å². The predicted octanol–water partition coefficient (Wildman–Crippen LogP) is 1.23. The molecule has 0 aliphatic carbocycles. The van der Waals surface area contributed by atoms with Crippen molar-refractivity contribution in [2.45, 2.75) is 20.0 Å². The van der Waals surface area contributed by atoms with E-state index in [0.29, 0.717) is 12.4 Å². The molecule has 1 unspecified atom stereocenters. The third-order valence-electron chi connectivity index (χ3n) is 1.41. The van der Waals surface area contributed by atoms with E-state index in [1.165, 1.54) is 0 Å². The minimum atomic E-state index is -0.408. The fourth-order valence-corrected chi connectivity index (χ4v) is 1.10. The highest BCUT2D eigenvalue weighted by molar-refractivity contribution is 6.28. The SMILES string of the molecule is Cc1cc(NCC(C)O)nc(Cl)n1. The first kappa shape index (κ1) is 10.2. The molecule has 0 spiro atoms. The Morgan fingerprint density at radius 1 is 1.62 bits per heavy atom. The fourth-order valence-electron chi connectivity index (χ4n) is 0.875. The molecule has 0 saturated heterocycles. The fraction of sp³-hybridized carbons (Fsp3) is 0.500. The van der Waals surface area contributed by atoms with Crippen LogP contribution in [0.2, 0.25) is 5.28 Å². The van der Waals surface area contributed by atoms with Crippen molar-refractivity contribution in [1.29, 1.82) is 0 Å². The first-order valence-electron chi connectivity index (χ1n) is 4.01. The largest absolute Gasteiger partial charge is 0.392 e. The predicted molar refractivity (Wildman–Crippen MR) is 51.9 cm³/mol. The van der Waals surface area contributed by atoms with Crippen LogP contribution in [0.3, 0.4) is 0 Å². The molecule has 2 N–H and O–H groups in total. The molecular formula is C8H12ClN3O. The lowest BCUT2D eigenvalue weighted by Gasteiger charge is -2.07. The van der Waals surface area contributed by atoms with E-state index < -0.39 is 6.10 Å². The average molecular weight is 202 g/mol. The number of nitrogens with one attached hydrogen (secondary N) is 1. The molecule has 72 valence electrons. The molecule has 1 heterocycles. The summed E-state index contributed by atoms with van der Waals surface area (Å²) in [5.74, 6) is 0.637. The molecule has 1 atom stereocenters. The van der Waals surface area contributed by atoms with E-state index in [-0.39, 0.29) is 5.28 Å². The number of hydrogen-bond acceptors (Lipinski definition) is 4. The molecule has 0 aliphatic rings. The standard InChI is InChI=1S/C8H12ClN3O/c1-5-3-7(10-4-6(2)13)12-8(9)11-5/h3,6,13H,4H2,1-2H3,(H,10,11,12). The summed E-state index contributed by atoms with van der Waals surface area (Å²) < 4.78 is 0. The lowest BCUT2D eigenvalue weighted by Crippen LogP contribution is -2.16. The van der Waals surface area contributed by atoms with Gasteiger partial charge >= 0.3 is 0 Å². The van der Waals surface area contributed by atoms with Gasteiger partial charge in [0, 0.05) is 18.3 Å². The topological polar surface area (TPSA) is 58.0 Å². The average Bonchev–Trinajstić information content (AvgIpc) is 1.99. The summed E-state index contributed by atoms with van der Waals surface area (Å²) >= 11 is 5.64. The Morgan fingerprint density at radius 3 is 2.85 bits per heavy atom. The Hall–Kier alpha value is -0.870. The number of aromatic nitrogens is 2. The van der Waals surface area contributed by atoms with Crippen molar-refractivity contribution in [2.75, 3.05) is 11.9 Å². The van der Waals surface area contributed by atoms with Gasteiger partial charge in [0.25, 0.3) is 0 Å². The zero-order valence-electron chi connectivity index (χ0n) is 7.58. The lowest BCUT2D eigenvalue weighted by molar-refractivity contribution is 0.208. The maximum atomic E-state index is 9.01. The highest BCUT2D eigenvalue weighted by Gasteiger charge is 2.00. The quantitative estimate of drug-likeness (QED) is 0.723. The highest BCUT2D eigenvalue weighted by Crippen LogP contribution is 2.09. The number of nitrogens with zero attached hydrogens (tertiary/aromatic N) is 2. The second-order valence-electron chi connectivity index (χ2n) is 2.89. The van der Waals surface area contributed by atoms with Crippen LogP contribution < -0.4 is 5.32 Å². The Kier molecular flexibility index (Phi) is 3.45. The van der Waals surface area contributed by atoms with Gasteiger partial charge in [-0.15, -0.1) is 0 Å². The van der Waals surface area contributed by atoms with Crippen molar-refractivity contribution in [3.8, 4) is 0 Å². The number of aliphatic hydroxyl groups is 1. The van der Waals surface area contributed by atoms with Gasteiger partial charge in [0.15, 0.2) is 0 Å². The second-order valence-corrected chi connectivity index (χ2v) is 3.23. The van der Waals surface area contributed by atoms with Crippen LogP contribution in [0.5, 0.6) is 0 Å². The Labute approximate surface area is 82.0 Å². The molecule has 0 amide bonds. The van der Waals surface area contributed by atoms with Crippen LogP contribution in [-0.4, -0.2) is 27.7 Å². The third kappa shape index (κ3) is 3.57. The Bertz CT molecular complexity index is 270. The smallest absolute Gasteiger partial charge is 0.224 e. The van der Waals surface area contributed by atoms with Crippen molar-refractivity contribution in [2.24, 2.45) is 0 Å². The van der Waals surface area contributed by atoms with Gasteiger partial charge in [-0.1, -0.05) is 0 Å². The van der Waals surface area contributed by atoms with Crippen molar-refractivity contribution in [3.63, 3.8) is 0 Å². The minimum absolute atomic E-state index is 0.216. The Morgan fingerprint density at radius 2 is 2.31 bits per heavy atom. The molecule has 13 heavy (non-hydrogen) atoms. The maximum absolute atomic E-state index is 9.01. The number of halogens is 1. The summed E-state index contributed by atoms with van der Waals surface area (Å²) in [6.45, 7) is 3.98. The van der Waals surface area contributed by atoms with Crippen LogP contribution in [0.1, 0.15) is 12.6 Å². The molecule has 4 nitrogen and oxygen atoms in total. The van der Waals surface area contributed by atoms with Gasteiger partial charge in [-0.3, -0.25) is 0 Å². The third-order valence-corrected chi connectivity index (χ3v) is 1.57. The van der Waals surface area contributed by atoms with Gasteiger partial charge in [0.05, 0.1) is 6.10 Å². The van der Waals surface area contributed by atoms with Gasteiger partial charge in [0.2, 0.25) is 5.28 Å². The molecule has 1 aromatic rings. The number of hydrogen-bond donors (Lipinski definition) is 2. The highest BCUT2D eigenvalue weighted by atomic mass is 35.5. The molecule has 0 aromatic carbocycles. The van der Waals surface area contributed by atoms with Crippen LogP contribution in [0, 0.1) is 6.92 Å². The van der Waals surface area contributed by atoms with Crippen molar-refractivity contribution < 1.29 is 5.11 Å². The van der Waals surface area contributed by atoms with Crippen LogP contribution in [0.15, 0.2) is 6.07 Å². The monoisotopic (exact) mass is 201 g/mol. The zero-order chi connectivity index (χ0) is 9.84. The molecule has 1 rings (SSSR count). The van der Waals surface area contributed by atoms with E-state index in [0.717, 1.165) is 5.69 Å².